The van der Waals surface area contributed by atoms with E-state index in [-0.39, 0.29) is 30.7 Å². The third-order valence-corrected chi connectivity index (χ3v) is 6.00. The second-order valence-electron chi connectivity index (χ2n) is 8.14. The van der Waals surface area contributed by atoms with Crippen molar-refractivity contribution in [1.29, 1.82) is 0 Å². The van der Waals surface area contributed by atoms with Gasteiger partial charge in [0.2, 0.25) is 0 Å². The Bertz CT molecular complexity index is 638. The molecule has 28 heavy (non-hydrogen) atoms. The summed E-state index contributed by atoms with van der Waals surface area (Å²) in [4.78, 5) is 23.3. The molecule has 1 aliphatic carbocycles. The third kappa shape index (κ3) is 5.98. The second-order valence-corrected chi connectivity index (χ2v) is 8.14. The molecule has 0 radical (unpaired) electrons. The van der Waals surface area contributed by atoms with Gasteiger partial charge >= 0.3 is 11.9 Å². The average molecular weight is 393 g/mol. The highest BCUT2D eigenvalue weighted by molar-refractivity contribution is 5.76. The molecule has 0 aromatic carbocycles. The van der Waals surface area contributed by atoms with Crippen LogP contribution in [0.1, 0.15) is 58.2 Å². The van der Waals surface area contributed by atoms with Crippen molar-refractivity contribution in [2.75, 3.05) is 13.2 Å². The summed E-state index contributed by atoms with van der Waals surface area (Å²) >= 11 is 0. The molecule has 1 aromatic rings. The number of piperidine rings is 1. The number of nitrogens with one attached hydrogen (secondary N) is 2. The van der Waals surface area contributed by atoms with E-state index in [0.29, 0.717) is 24.2 Å². The molecule has 2 fully saturated rings. The summed E-state index contributed by atoms with van der Waals surface area (Å²) in [5.74, 6) is 2.13. The number of fused-ring (bicyclic) bond motifs is 1. The highest BCUT2D eigenvalue weighted by atomic mass is 16.6. The number of aryl methyl sites for hydroxylation is 1. The number of aromatic nitrogens is 4. The largest absolute Gasteiger partial charge is 0.464 e. The predicted molar refractivity (Wildman–Crippen MR) is 100 cm³/mol. The monoisotopic (exact) mass is 393 g/mol. The van der Waals surface area contributed by atoms with Gasteiger partial charge in [-0.15, -0.1) is 10.2 Å². The summed E-state index contributed by atoms with van der Waals surface area (Å²) in [7, 11) is 0. The molecule has 9 heteroatoms. The SMILES string of the molecule is CC(=O)O[C@H](C)CCOC(=O)[C@@H]1C[C@H]2C[C@@H](CCc3nn[nH]n3)CC[C@H]2CN1. The number of nitrogens with zero attached hydrogens (tertiary/aromatic N) is 3. The second kappa shape index (κ2) is 9.95. The summed E-state index contributed by atoms with van der Waals surface area (Å²) in [5, 5.41) is 17.5. The molecular formula is C19H31N5O4. The van der Waals surface area contributed by atoms with Crippen LogP contribution < -0.4 is 5.32 Å². The number of rotatable bonds is 8. The fraction of sp³-hybridized carbons (Fsp3) is 0.842. The van der Waals surface area contributed by atoms with Gasteiger partial charge in [-0.1, -0.05) is 11.6 Å². The van der Waals surface area contributed by atoms with E-state index in [2.05, 4.69) is 25.9 Å². The molecule has 0 unspecified atom stereocenters. The van der Waals surface area contributed by atoms with E-state index in [1.165, 1.54) is 19.8 Å². The van der Waals surface area contributed by atoms with Gasteiger partial charge in [0.15, 0.2) is 5.82 Å². The minimum absolute atomic E-state index is 0.192. The van der Waals surface area contributed by atoms with E-state index >= 15 is 0 Å². The highest BCUT2D eigenvalue weighted by Gasteiger charge is 2.38. The molecule has 5 atom stereocenters. The van der Waals surface area contributed by atoms with E-state index in [4.69, 9.17) is 9.47 Å². The normalized spacial score (nSPS) is 28.2. The van der Waals surface area contributed by atoms with Crippen LogP contribution in [0.4, 0.5) is 0 Å². The molecular weight excluding hydrogens is 362 g/mol. The van der Waals surface area contributed by atoms with Crippen molar-refractivity contribution in [3.63, 3.8) is 0 Å². The van der Waals surface area contributed by atoms with Gasteiger partial charge in [0, 0.05) is 19.8 Å². The Morgan fingerprint density at radius 1 is 1.25 bits per heavy atom. The first-order chi connectivity index (χ1) is 13.5. The molecule has 1 saturated heterocycles. The van der Waals surface area contributed by atoms with Gasteiger partial charge in [-0.3, -0.25) is 9.59 Å². The van der Waals surface area contributed by atoms with Gasteiger partial charge in [-0.2, -0.15) is 5.21 Å². The molecule has 2 aliphatic rings. The van der Waals surface area contributed by atoms with Crippen LogP contribution >= 0.6 is 0 Å². The lowest BCUT2D eigenvalue weighted by Gasteiger charge is -2.42. The fourth-order valence-electron chi connectivity index (χ4n) is 4.49. The Hall–Kier alpha value is -2.03. The van der Waals surface area contributed by atoms with Crippen LogP contribution in [0.3, 0.4) is 0 Å². The van der Waals surface area contributed by atoms with Crippen molar-refractivity contribution in [1.82, 2.24) is 25.9 Å². The number of H-pyrrole nitrogens is 1. The standard InChI is InChI=1S/C19H31N5O4/c1-12(28-13(2)25)7-8-27-19(26)17-10-16-9-14(3-5-15(16)11-20-17)4-6-18-21-23-24-22-18/h12,14-17,20H,3-11H2,1-2H3,(H,21,22,23,24)/t12-,14-,15+,16-,17+/m1/s1. The molecule has 2 N–H and O–H groups in total. The van der Waals surface area contributed by atoms with Crippen LogP contribution in [0.15, 0.2) is 0 Å². The molecule has 0 bridgehead atoms. The maximum Gasteiger partial charge on any atom is 0.323 e. The molecule has 1 saturated carbocycles. The van der Waals surface area contributed by atoms with Crippen LogP contribution in [0, 0.1) is 17.8 Å². The lowest BCUT2D eigenvalue weighted by Crippen LogP contribution is -2.50. The van der Waals surface area contributed by atoms with Crippen LogP contribution in [-0.4, -0.2) is 57.9 Å². The van der Waals surface area contributed by atoms with Crippen molar-refractivity contribution in [2.45, 2.75) is 70.9 Å². The van der Waals surface area contributed by atoms with Gasteiger partial charge in [0.05, 0.1) is 6.61 Å². The van der Waals surface area contributed by atoms with Crippen molar-refractivity contribution in [3.8, 4) is 0 Å². The predicted octanol–water partition coefficient (Wildman–Crippen LogP) is 1.41. The van der Waals surface area contributed by atoms with Gasteiger partial charge < -0.3 is 14.8 Å². The first-order valence-electron chi connectivity index (χ1n) is 10.3. The Labute approximate surface area is 165 Å². The number of ether oxygens (including phenoxy) is 2. The fourth-order valence-corrected chi connectivity index (χ4v) is 4.49. The average Bonchev–Trinajstić information content (AvgIpc) is 3.18. The Morgan fingerprint density at radius 2 is 2.11 bits per heavy atom. The minimum atomic E-state index is -0.315. The number of hydrogen-bond donors (Lipinski definition) is 2. The number of esters is 2. The number of aromatic amines is 1. The summed E-state index contributed by atoms with van der Waals surface area (Å²) in [6.45, 7) is 4.33. The van der Waals surface area contributed by atoms with Crippen LogP contribution in [-0.2, 0) is 25.5 Å². The number of tetrazole rings is 1. The highest BCUT2D eigenvalue weighted by Crippen LogP contribution is 2.40. The number of carbonyl (C=O) groups excluding carboxylic acids is 2. The van der Waals surface area contributed by atoms with Crippen LogP contribution in [0.25, 0.3) is 0 Å². The smallest absolute Gasteiger partial charge is 0.323 e. The van der Waals surface area contributed by atoms with E-state index < -0.39 is 0 Å². The quantitative estimate of drug-likeness (QED) is 0.636. The Kier molecular flexibility index (Phi) is 7.36. The van der Waals surface area contributed by atoms with Crippen LogP contribution in [0.5, 0.6) is 0 Å². The summed E-state index contributed by atoms with van der Waals surface area (Å²) in [6, 6.07) is -0.235. The first-order valence-corrected chi connectivity index (χ1v) is 10.3. The van der Waals surface area contributed by atoms with Crippen molar-refractivity contribution in [2.24, 2.45) is 17.8 Å². The number of carbonyl (C=O) groups is 2. The zero-order valence-electron chi connectivity index (χ0n) is 16.7. The molecule has 2 heterocycles. The summed E-state index contributed by atoms with van der Waals surface area (Å²) < 4.78 is 10.5. The van der Waals surface area contributed by atoms with Crippen molar-refractivity contribution >= 4 is 11.9 Å². The molecule has 9 nitrogen and oxygen atoms in total. The summed E-state index contributed by atoms with van der Waals surface area (Å²) in [5.41, 5.74) is 0. The van der Waals surface area contributed by atoms with E-state index in [1.807, 2.05) is 0 Å². The number of hydrogen-bond acceptors (Lipinski definition) is 8. The zero-order chi connectivity index (χ0) is 19.9. The Balaban J connectivity index is 1.40. The molecule has 156 valence electrons. The van der Waals surface area contributed by atoms with Gasteiger partial charge in [-0.05, 0) is 56.9 Å². The summed E-state index contributed by atoms with van der Waals surface area (Å²) in [6.07, 6.45) is 6.61. The molecule has 1 aliphatic heterocycles. The van der Waals surface area contributed by atoms with Gasteiger partial charge in [0.1, 0.15) is 12.1 Å². The third-order valence-electron chi connectivity index (χ3n) is 6.00. The Morgan fingerprint density at radius 3 is 2.86 bits per heavy atom. The van der Waals surface area contributed by atoms with E-state index in [9.17, 15) is 9.59 Å². The topological polar surface area (TPSA) is 119 Å². The molecule has 1 aromatic heterocycles. The zero-order valence-corrected chi connectivity index (χ0v) is 16.7. The maximum absolute atomic E-state index is 12.4. The minimum Gasteiger partial charge on any atom is -0.464 e. The lowest BCUT2D eigenvalue weighted by molar-refractivity contribution is -0.150. The maximum atomic E-state index is 12.4. The lowest BCUT2D eigenvalue weighted by atomic mass is 9.69. The molecule has 0 spiro atoms. The first kappa shape index (κ1) is 20.7. The van der Waals surface area contributed by atoms with Gasteiger partial charge in [0.25, 0.3) is 0 Å². The van der Waals surface area contributed by atoms with Crippen LogP contribution in [0.2, 0.25) is 0 Å². The van der Waals surface area contributed by atoms with Crippen molar-refractivity contribution in [3.05, 3.63) is 5.82 Å². The molecule has 0 amide bonds. The van der Waals surface area contributed by atoms with Gasteiger partial charge in [-0.25, -0.2) is 0 Å². The molecule has 3 rings (SSSR count). The van der Waals surface area contributed by atoms with E-state index in [1.54, 1.807) is 6.92 Å². The van der Waals surface area contributed by atoms with E-state index in [0.717, 1.165) is 38.1 Å². The van der Waals surface area contributed by atoms with Crippen molar-refractivity contribution < 1.29 is 19.1 Å².